The number of rotatable bonds is 3. The van der Waals surface area contributed by atoms with Gasteiger partial charge in [-0.2, -0.15) is 0 Å². The zero-order valence-electron chi connectivity index (χ0n) is 10.2. The summed E-state index contributed by atoms with van der Waals surface area (Å²) in [7, 11) is 1.60. The van der Waals surface area contributed by atoms with Crippen molar-refractivity contribution in [2.24, 2.45) is 0 Å². The molecule has 0 unspecified atom stereocenters. The van der Waals surface area contributed by atoms with Crippen molar-refractivity contribution >= 4 is 28.3 Å². The Bertz CT molecular complexity index is 555. The Morgan fingerprint density at radius 3 is 2.76 bits per heavy atom. The van der Waals surface area contributed by atoms with E-state index in [2.05, 4.69) is 16.4 Å². The summed E-state index contributed by atoms with van der Waals surface area (Å²) in [5.74, 6) is 1.56. The van der Waals surface area contributed by atoms with E-state index in [1.165, 1.54) is 0 Å². The number of nitrogens with one attached hydrogen (secondary N) is 1. The molecule has 0 bridgehead atoms. The summed E-state index contributed by atoms with van der Waals surface area (Å²) in [6, 6.07) is 5.81. The van der Waals surface area contributed by atoms with Crippen LogP contribution in [0.3, 0.4) is 0 Å². The number of aryl methyl sites for hydroxylation is 1. The molecule has 0 aliphatic rings. The minimum atomic E-state index is 0.609. The zero-order valence-corrected chi connectivity index (χ0v) is 10.9. The van der Waals surface area contributed by atoms with Crippen LogP contribution < -0.4 is 10.1 Å². The largest absolute Gasteiger partial charge is 0.495 e. The van der Waals surface area contributed by atoms with E-state index in [0.717, 1.165) is 28.8 Å². The predicted molar refractivity (Wildman–Crippen MR) is 72.2 cm³/mol. The number of methoxy groups -OCH3 is 1. The third-order valence-electron chi connectivity index (χ3n) is 2.62. The van der Waals surface area contributed by atoms with E-state index >= 15 is 0 Å². The second kappa shape index (κ2) is 4.80. The fourth-order valence-corrected chi connectivity index (χ4v) is 2.03. The Hall–Kier alpha value is -1.48. The van der Waals surface area contributed by atoms with Crippen molar-refractivity contribution in [1.29, 1.82) is 0 Å². The predicted octanol–water partition coefficient (Wildman–Crippen LogP) is 3.64. The minimum Gasteiger partial charge on any atom is -0.495 e. The van der Waals surface area contributed by atoms with Gasteiger partial charge in [-0.15, -0.1) is 0 Å². The van der Waals surface area contributed by atoms with Crippen molar-refractivity contribution in [3.8, 4) is 5.75 Å². The van der Waals surface area contributed by atoms with E-state index in [-0.39, 0.29) is 0 Å². The van der Waals surface area contributed by atoms with Crippen LogP contribution in [-0.2, 0) is 0 Å². The third-order valence-corrected chi connectivity index (χ3v) is 2.92. The van der Waals surface area contributed by atoms with E-state index in [1.54, 1.807) is 7.11 Å². The standard InChI is InChI=1S/C13H15ClN2O/c1-4-15-13-8(2)5-9-6-10(14)12(17-3)7-11(9)16-13/h5-7H,4H2,1-3H3,(H,15,16). The molecule has 2 rings (SSSR count). The normalized spacial score (nSPS) is 10.6. The van der Waals surface area contributed by atoms with Gasteiger partial charge in [0.15, 0.2) is 0 Å². The fraction of sp³-hybridized carbons (Fsp3) is 0.308. The second-order valence-electron chi connectivity index (χ2n) is 3.86. The summed E-state index contributed by atoms with van der Waals surface area (Å²) < 4.78 is 5.19. The second-order valence-corrected chi connectivity index (χ2v) is 4.27. The molecule has 1 aromatic carbocycles. The van der Waals surface area contributed by atoms with Crippen molar-refractivity contribution < 1.29 is 4.74 Å². The fourth-order valence-electron chi connectivity index (χ4n) is 1.78. The van der Waals surface area contributed by atoms with Crippen LogP contribution in [0.4, 0.5) is 5.82 Å². The molecule has 0 radical (unpaired) electrons. The van der Waals surface area contributed by atoms with Gasteiger partial charge in [-0.1, -0.05) is 11.6 Å². The number of anilines is 1. The summed E-state index contributed by atoms with van der Waals surface area (Å²) in [4.78, 5) is 4.56. The molecule has 90 valence electrons. The average molecular weight is 251 g/mol. The summed E-state index contributed by atoms with van der Waals surface area (Å²) in [6.45, 7) is 4.93. The molecule has 1 N–H and O–H groups in total. The van der Waals surface area contributed by atoms with Gasteiger partial charge in [-0.05, 0) is 31.5 Å². The van der Waals surface area contributed by atoms with E-state index in [9.17, 15) is 0 Å². The molecule has 0 aliphatic heterocycles. The smallest absolute Gasteiger partial charge is 0.139 e. The van der Waals surface area contributed by atoms with Gasteiger partial charge in [-0.25, -0.2) is 4.98 Å². The highest BCUT2D eigenvalue weighted by molar-refractivity contribution is 6.32. The molecule has 1 aromatic heterocycles. The highest BCUT2D eigenvalue weighted by Crippen LogP contribution is 2.30. The van der Waals surface area contributed by atoms with Crippen molar-refractivity contribution in [1.82, 2.24) is 4.98 Å². The zero-order chi connectivity index (χ0) is 12.4. The monoisotopic (exact) mass is 250 g/mol. The summed E-state index contributed by atoms with van der Waals surface area (Å²) in [6.07, 6.45) is 0. The number of halogens is 1. The first-order valence-electron chi connectivity index (χ1n) is 5.54. The molecular weight excluding hydrogens is 236 g/mol. The van der Waals surface area contributed by atoms with Gasteiger partial charge in [0.1, 0.15) is 11.6 Å². The molecule has 2 aromatic rings. The van der Waals surface area contributed by atoms with Crippen LogP contribution in [0.15, 0.2) is 18.2 Å². The van der Waals surface area contributed by atoms with Gasteiger partial charge in [0.25, 0.3) is 0 Å². The Balaban J connectivity index is 2.62. The van der Waals surface area contributed by atoms with Gasteiger partial charge in [0.05, 0.1) is 17.6 Å². The Morgan fingerprint density at radius 1 is 1.35 bits per heavy atom. The lowest BCUT2D eigenvalue weighted by atomic mass is 10.1. The van der Waals surface area contributed by atoms with Crippen LogP contribution in [-0.4, -0.2) is 18.6 Å². The number of hydrogen-bond donors (Lipinski definition) is 1. The first-order valence-corrected chi connectivity index (χ1v) is 5.92. The molecule has 17 heavy (non-hydrogen) atoms. The Morgan fingerprint density at radius 2 is 2.12 bits per heavy atom. The van der Waals surface area contributed by atoms with Crippen LogP contribution in [0.2, 0.25) is 5.02 Å². The maximum Gasteiger partial charge on any atom is 0.139 e. The maximum atomic E-state index is 6.09. The molecule has 0 amide bonds. The van der Waals surface area contributed by atoms with Crippen LogP contribution in [0.5, 0.6) is 5.75 Å². The van der Waals surface area contributed by atoms with Gasteiger partial charge in [-0.3, -0.25) is 0 Å². The lowest BCUT2D eigenvalue weighted by molar-refractivity contribution is 0.415. The van der Waals surface area contributed by atoms with Crippen LogP contribution >= 0.6 is 11.6 Å². The molecular formula is C13H15ClN2O. The number of aromatic nitrogens is 1. The van der Waals surface area contributed by atoms with E-state index in [1.807, 2.05) is 26.0 Å². The number of benzene rings is 1. The summed E-state index contributed by atoms with van der Waals surface area (Å²) in [5, 5.41) is 4.87. The Kier molecular flexibility index (Phi) is 3.38. The highest BCUT2D eigenvalue weighted by Gasteiger charge is 2.07. The lowest BCUT2D eigenvalue weighted by Crippen LogP contribution is -2.01. The van der Waals surface area contributed by atoms with Crippen molar-refractivity contribution in [2.75, 3.05) is 19.0 Å². The average Bonchev–Trinajstić information content (AvgIpc) is 2.30. The summed E-state index contributed by atoms with van der Waals surface area (Å²) in [5.41, 5.74) is 1.99. The SMILES string of the molecule is CCNc1nc2cc(OC)c(Cl)cc2cc1C. The first-order chi connectivity index (χ1) is 8.15. The molecule has 0 atom stereocenters. The van der Waals surface area contributed by atoms with Gasteiger partial charge < -0.3 is 10.1 Å². The number of fused-ring (bicyclic) bond motifs is 1. The van der Waals surface area contributed by atoms with Gasteiger partial charge >= 0.3 is 0 Å². The van der Waals surface area contributed by atoms with E-state index in [0.29, 0.717) is 10.8 Å². The summed E-state index contributed by atoms with van der Waals surface area (Å²) >= 11 is 6.09. The third kappa shape index (κ3) is 2.29. The van der Waals surface area contributed by atoms with E-state index in [4.69, 9.17) is 16.3 Å². The van der Waals surface area contributed by atoms with Crippen molar-refractivity contribution in [2.45, 2.75) is 13.8 Å². The highest BCUT2D eigenvalue weighted by atomic mass is 35.5. The topological polar surface area (TPSA) is 34.2 Å². The van der Waals surface area contributed by atoms with Crippen molar-refractivity contribution in [3.05, 3.63) is 28.8 Å². The van der Waals surface area contributed by atoms with Crippen LogP contribution in [0, 0.1) is 6.92 Å². The Labute approximate surface area is 106 Å². The molecule has 0 saturated carbocycles. The number of pyridine rings is 1. The minimum absolute atomic E-state index is 0.609. The lowest BCUT2D eigenvalue weighted by Gasteiger charge is -2.10. The van der Waals surface area contributed by atoms with Gasteiger partial charge in [0, 0.05) is 18.0 Å². The van der Waals surface area contributed by atoms with Gasteiger partial charge in [0.2, 0.25) is 0 Å². The van der Waals surface area contributed by atoms with Crippen LogP contribution in [0.25, 0.3) is 10.9 Å². The maximum absolute atomic E-state index is 6.09. The molecule has 1 heterocycles. The molecule has 4 heteroatoms. The van der Waals surface area contributed by atoms with Crippen LogP contribution in [0.1, 0.15) is 12.5 Å². The quantitative estimate of drug-likeness (QED) is 0.903. The molecule has 0 aliphatic carbocycles. The number of ether oxygens (including phenoxy) is 1. The molecule has 3 nitrogen and oxygen atoms in total. The first kappa shape index (κ1) is 12.0. The van der Waals surface area contributed by atoms with Crippen molar-refractivity contribution in [3.63, 3.8) is 0 Å². The molecule has 0 spiro atoms. The number of nitrogens with zero attached hydrogens (tertiary/aromatic N) is 1. The molecule has 0 fully saturated rings. The number of hydrogen-bond acceptors (Lipinski definition) is 3. The van der Waals surface area contributed by atoms with E-state index < -0.39 is 0 Å². The molecule has 0 saturated heterocycles.